The topological polar surface area (TPSA) is 88.1 Å². The minimum absolute atomic E-state index is 0.0997. The third-order valence-corrected chi connectivity index (χ3v) is 5.33. The highest BCUT2D eigenvalue weighted by Crippen LogP contribution is 2.35. The zero-order valence-corrected chi connectivity index (χ0v) is 17.2. The number of aryl methyl sites for hydroxylation is 2. The van der Waals surface area contributed by atoms with Gasteiger partial charge in [0.2, 0.25) is 5.88 Å². The standard InChI is InChI=1S/C22H26FN5O2/c1-14-3-4-17(22-25-12-16(13-26-22)18(23)11-24)20(9-14)30-21-10-19(27-28(21)2)15-5-7-29-8-6-15/h3-4,9-10,12-13,15,18H,5-8,11,24H2,1-2H3/t18-/m0/s1. The fourth-order valence-electron chi connectivity index (χ4n) is 3.55. The molecular formula is C22H26FN5O2. The highest BCUT2D eigenvalue weighted by Gasteiger charge is 2.21. The van der Waals surface area contributed by atoms with Crippen molar-refractivity contribution in [3.05, 3.63) is 53.5 Å². The van der Waals surface area contributed by atoms with Crippen LogP contribution in [0.2, 0.25) is 0 Å². The summed E-state index contributed by atoms with van der Waals surface area (Å²) in [7, 11) is 1.87. The van der Waals surface area contributed by atoms with Gasteiger partial charge in [-0.3, -0.25) is 0 Å². The molecule has 3 heterocycles. The van der Waals surface area contributed by atoms with E-state index in [-0.39, 0.29) is 6.54 Å². The summed E-state index contributed by atoms with van der Waals surface area (Å²) < 4.78 is 27.2. The maximum atomic E-state index is 13.8. The smallest absolute Gasteiger partial charge is 0.217 e. The lowest BCUT2D eigenvalue weighted by molar-refractivity contribution is 0.0844. The molecule has 0 radical (unpaired) electrons. The van der Waals surface area contributed by atoms with Crippen molar-refractivity contribution in [1.82, 2.24) is 19.7 Å². The van der Waals surface area contributed by atoms with E-state index < -0.39 is 6.17 Å². The lowest BCUT2D eigenvalue weighted by Crippen LogP contribution is -2.14. The van der Waals surface area contributed by atoms with Gasteiger partial charge in [-0.1, -0.05) is 6.07 Å². The number of rotatable bonds is 6. The fraction of sp³-hybridized carbons (Fsp3) is 0.409. The van der Waals surface area contributed by atoms with Gasteiger partial charge in [-0.05, 0) is 37.5 Å². The molecule has 4 rings (SSSR count). The van der Waals surface area contributed by atoms with Gasteiger partial charge in [0.15, 0.2) is 5.82 Å². The van der Waals surface area contributed by atoms with Crippen LogP contribution in [-0.2, 0) is 11.8 Å². The van der Waals surface area contributed by atoms with E-state index in [0.29, 0.717) is 28.9 Å². The summed E-state index contributed by atoms with van der Waals surface area (Å²) in [4.78, 5) is 8.66. The van der Waals surface area contributed by atoms with Crippen LogP contribution in [0.5, 0.6) is 11.6 Å². The second-order valence-corrected chi connectivity index (χ2v) is 7.56. The van der Waals surface area contributed by atoms with Crippen molar-refractivity contribution in [3.8, 4) is 23.0 Å². The maximum absolute atomic E-state index is 13.8. The molecule has 1 aliphatic rings. The molecule has 2 N–H and O–H groups in total. The van der Waals surface area contributed by atoms with E-state index in [2.05, 4.69) is 15.1 Å². The normalized spacial score (nSPS) is 15.9. The van der Waals surface area contributed by atoms with Crippen LogP contribution in [0.25, 0.3) is 11.4 Å². The molecular weight excluding hydrogens is 385 g/mol. The van der Waals surface area contributed by atoms with E-state index in [9.17, 15) is 4.39 Å². The van der Waals surface area contributed by atoms with Gasteiger partial charge in [-0.15, -0.1) is 0 Å². The van der Waals surface area contributed by atoms with Crippen molar-refractivity contribution in [2.24, 2.45) is 12.8 Å². The molecule has 7 nitrogen and oxygen atoms in total. The molecule has 2 aromatic heterocycles. The molecule has 1 fully saturated rings. The summed E-state index contributed by atoms with van der Waals surface area (Å²) in [5.41, 5.74) is 8.54. The predicted molar refractivity (Wildman–Crippen MR) is 111 cm³/mol. The Bertz CT molecular complexity index is 999. The summed E-state index contributed by atoms with van der Waals surface area (Å²) in [5.74, 6) is 2.11. The minimum atomic E-state index is -1.27. The second-order valence-electron chi connectivity index (χ2n) is 7.56. The van der Waals surface area contributed by atoms with Gasteiger partial charge in [0.25, 0.3) is 0 Å². The lowest BCUT2D eigenvalue weighted by atomic mass is 9.97. The molecule has 0 saturated carbocycles. The zero-order chi connectivity index (χ0) is 21.1. The van der Waals surface area contributed by atoms with Crippen molar-refractivity contribution in [3.63, 3.8) is 0 Å². The Labute approximate surface area is 175 Å². The quantitative estimate of drug-likeness (QED) is 0.663. The van der Waals surface area contributed by atoms with Crippen LogP contribution in [-0.4, -0.2) is 39.5 Å². The van der Waals surface area contributed by atoms with Crippen LogP contribution >= 0.6 is 0 Å². The van der Waals surface area contributed by atoms with Crippen molar-refractivity contribution < 1.29 is 13.9 Å². The van der Waals surface area contributed by atoms with E-state index in [1.54, 1.807) is 4.68 Å². The van der Waals surface area contributed by atoms with Gasteiger partial charge >= 0.3 is 0 Å². The number of alkyl halides is 1. The Hall–Kier alpha value is -2.84. The van der Waals surface area contributed by atoms with E-state index in [0.717, 1.165) is 42.9 Å². The van der Waals surface area contributed by atoms with E-state index in [1.807, 2.05) is 38.2 Å². The third kappa shape index (κ3) is 4.34. The molecule has 0 amide bonds. The SMILES string of the molecule is Cc1ccc(-c2ncc([C@@H](F)CN)cn2)c(Oc2cc(C3CCOCC3)nn2C)c1. The van der Waals surface area contributed by atoms with E-state index in [1.165, 1.54) is 12.4 Å². The van der Waals surface area contributed by atoms with Gasteiger partial charge in [0.1, 0.15) is 11.9 Å². The molecule has 158 valence electrons. The summed E-state index contributed by atoms with van der Waals surface area (Å²) in [6.45, 7) is 3.41. The number of halogens is 1. The summed E-state index contributed by atoms with van der Waals surface area (Å²) in [6.07, 6.45) is 3.59. The van der Waals surface area contributed by atoms with Crippen LogP contribution in [0.3, 0.4) is 0 Å². The lowest BCUT2D eigenvalue weighted by Gasteiger charge is -2.19. The molecule has 8 heteroatoms. The first-order valence-electron chi connectivity index (χ1n) is 10.1. The largest absolute Gasteiger partial charge is 0.439 e. The van der Waals surface area contributed by atoms with Gasteiger partial charge in [0.05, 0.1) is 11.3 Å². The van der Waals surface area contributed by atoms with Gasteiger partial charge in [0, 0.05) is 56.7 Å². The first kappa shape index (κ1) is 20.4. The summed E-state index contributed by atoms with van der Waals surface area (Å²) in [5, 5.41) is 4.65. The van der Waals surface area contributed by atoms with Crippen LogP contribution < -0.4 is 10.5 Å². The minimum Gasteiger partial charge on any atom is -0.439 e. The van der Waals surface area contributed by atoms with Gasteiger partial charge < -0.3 is 15.2 Å². The number of nitrogens with two attached hydrogens (primary N) is 1. The first-order valence-corrected chi connectivity index (χ1v) is 10.1. The van der Waals surface area contributed by atoms with Crippen molar-refractivity contribution in [2.45, 2.75) is 31.9 Å². The second kappa shape index (κ2) is 8.89. The van der Waals surface area contributed by atoms with Crippen LogP contribution in [0.1, 0.15) is 41.8 Å². The molecule has 1 aromatic carbocycles. The number of benzene rings is 1. The highest BCUT2D eigenvalue weighted by atomic mass is 19.1. The number of aromatic nitrogens is 4. The van der Waals surface area contributed by atoms with Crippen molar-refractivity contribution in [2.75, 3.05) is 19.8 Å². The molecule has 1 aliphatic heterocycles. The summed E-state index contributed by atoms with van der Waals surface area (Å²) >= 11 is 0. The molecule has 3 aromatic rings. The van der Waals surface area contributed by atoms with Crippen LogP contribution in [0.4, 0.5) is 4.39 Å². The Balaban J connectivity index is 1.62. The molecule has 0 aliphatic carbocycles. The van der Waals surface area contributed by atoms with Gasteiger partial charge in [-0.25, -0.2) is 19.0 Å². The molecule has 0 bridgehead atoms. The number of hydrogen-bond donors (Lipinski definition) is 1. The highest BCUT2D eigenvalue weighted by molar-refractivity contribution is 5.65. The van der Waals surface area contributed by atoms with Crippen LogP contribution in [0.15, 0.2) is 36.7 Å². The van der Waals surface area contributed by atoms with Crippen LogP contribution in [0, 0.1) is 6.92 Å². The van der Waals surface area contributed by atoms with E-state index in [4.69, 9.17) is 15.2 Å². The number of nitrogens with zero attached hydrogens (tertiary/aromatic N) is 4. The zero-order valence-electron chi connectivity index (χ0n) is 17.2. The Morgan fingerprint density at radius 1 is 1.23 bits per heavy atom. The number of ether oxygens (including phenoxy) is 2. The average Bonchev–Trinajstić information content (AvgIpc) is 3.14. The first-order chi connectivity index (χ1) is 14.5. The molecule has 30 heavy (non-hydrogen) atoms. The Morgan fingerprint density at radius 3 is 2.67 bits per heavy atom. The Morgan fingerprint density at radius 2 is 1.97 bits per heavy atom. The number of hydrogen-bond acceptors (Lipinski definition) is 6. The maximum Gasteiger partial charge on any atom is 0.217 e. The monoisotopic (exact) mass is 411 g/mol. The van der Waals surface area contributed by atoms with Crippen molar-refractivity contribution in [1.29, 1.82) is 0 Å². The fourth-order valence-corrected chi connectivity index (χ4v) is 3.55. The van der Waals surface area contributed by atoms with E-state index >= 15 is 0 Å². The average molecular weight is 411 g/mol. The third-order valence-electron chi connectivity index (χ3n) is 5.33. The molecule has 0 spiro atoms. The molecule has 1 atom stereocenters. The predicted octanol–water partition coefficient (Wildman–Crippen LogP) is 3.84. The summed E-state index contributed by atoms with van der Waals surface area (Å²) in [6, 6.07) is 7.80. The molecule has 1 saturated heterocycles. The van der Waals surface area contributed by atoms with Gasteiger partial charge in [-0.2, -0.15) is 5.10 Å². The molecule has 0 unspecified atom stereocenters. The van der Waals surface area contributed by atoms with Crippen molar-refractivity contribution >= 4 is 0 Å². The Kier molecular flexibility index (Phi) is 6.06.